The third kappa shape index (κ3) is 1.87. The number of nitrogens with zero attached hydrogens (tertiary/aromatic N) is 3. The van der Waals surface area contributed by atoms with E-state index in [4.69, 9.17) is 4.74 Å². The van der Waals surface area contributed by atoms with Gasteiger partial charge in [-0.25, -0.2) is 0 Å². The summed E-state index contributed by atoms with van der Waals surface area (Å²) in [5, 5.41) is 3.33. The molecule has 0 radical (unpaired) electrons. The van der Waals surface area contributed by atoms with Gasteiger partial charge in [0.25, 0.3) is 0 Å². The minimum atomic E-state index is 0.458. The summed E-state index contributed by atoms with van der Waals surface area (Å²) in [5.41, 5.74) is 2.29. The molecule has 1 aliphatic heterocycles. The summed E-state index contributed by atoms with van der Waals surface area (Å²) in [5.74, 6) is 0.948. The van der Waals surface area contributed by atoms with Crippen LogP contribution in [0, 0.1) is 0 Å². The smallest absolute Gasteiger partial charge is 0.318 e. The Hall–Kier alpha value is -1.36. The van der Waals surface area contributed by atoms with Gasteiger partial charge in [0.1, 0.15) is 5.82 Å². The molecule has 0 aliphatic carbocycles. The normalized spacial score (nSPS) is 14.6. The van der Waals surface area contributed by atoms with Crippen molar-refractivity contribution in [1.82, 2.24) is 15.3 Å². The second-order valence-electron chi connectivity index (χ2n) is 3.78. The highest BCUT2D eigenvalue weighted by molar-refractivity contribution is 5.49. The zero-order valence-electron chi connectivity index (χ0n) is 9.37. The van der Waals surface area contributed by atoms with E-state index in [1.807, 2.05) is 19.0 Å². The van der Waals surface area contributed by atoms with Crippen LogP contribution >= 0.6 is 0 Å². The molecule has 0 saturated heterocycles. The molecule has 1 aromatic rings. The van der Waals surface area contributed by atoms with Crippen LogP contribution in [0.2, 0.25) is 0 Å². The monoisotopic (exact) mass is 208 g/mol. The third-order valence-electron chi connectivity index (χ3n) is 2.50. The summed E-state index contributed by atoms with van der Waals surface area (Å²) in [6.45, 7) is 1.81. The van der Waals surface area contributed by atoms with Crippen LogP contribution in [0.15, 0.2) is 0 Å². The first-order chi connectivity index (χ1) is 7.22. The maximum atomic E-state index is 5.10. The van der Waals surface area contributed by atoms with Gasteiger partial charge in [0.05, 0.1) is 12.8 Å². The van der Waals surface area contributed by atoms with Gasteiger partial charge < -0.3 is 15.0 Å². The zero-order valence-corrected chi connectivity index (χ0v) is 9.37. The van der Waals surface area contributed by atoms with Gasteiger partial charge in [-0.2, -0.15) is 9.97 Å². The van der Waals surface area contributed by atoms with Crippen LogP contribution in [0.1, 0.15) is 11.3 Å². The number of nitrogens with one attached hydrogen (secondary N) is 1. The summed E-state index contributed by atoms with van der Waals surface area (Å²) in [6.07, 6.45) is 0.940. The van der Waals surface area contributed by atoms with Crippen molar-refractivity contribution >= 4 is 5.82 Å². The van der Waals surface area contributed by atoms with Crippen LogP contribution in [0.3, 0.4) is 0 Å². The summed E-state index contributed by atoms with van der Waals surface area (Å²) >= 11 is 0. The van der Waals surface area contributed by atoms with E-state index in [0.29, 0.717) is 6.01 Å². The second-order valence-corrected chi connectivity index (χ2v) is 3.78. The van der Waals surface area contributed by atoms with Crippen molar-refractivity contribution in [2.24, 2.45) is 0 Å². The number of ether oxygens (including phenoxy) is 1. The number of methoxy groups -OCH3 is 1. The Kier molecular flexibility index (Phi) is 2.73. The Morgan fingerprint density at radius 1 is 1.33 bits per heavy atom. The lowest BCUT2D eigenvalue weighted by Crippen LogP contribution is -2.28. The van der Waals surface area contributed by atoms with Crippen molar-refractivity contribution in [3.63, 3.8) is 0 Å². The number of fused-ring (bicyclic) bond motifs is 1. The van der Waals surface area contributed by atoms with Crippen molar-refractivity contribution < 1.29 is 4.74 Å². The fraction of sp³-hybridized carbons (Fsp3) is 0.600. The molecule has 0 spiro atoms. The van der Waals surface area contributed by atoms with E-state index in [2.05, 4.69) is 15.3 Å². The maximum absolute atomic E-state index is 5.10. The molecule has 1 aromatic heterocycles. The molecule has 0 amide bonds. The molecule has 0 fully saturated rings. The number of rotatable bonds is 2. The average Bonchev–Trinajstić information content (AvgIpc) is 2.27. The van der Waals surface area contributed by atoms with E-state index < -0.39 is 0 Å². The van der Waals surface area contributed by atoms with E-state index in [-0.39, 0.29) is 0 Å². The van der Waals surface area contributed by atoms with E-state index in [0.717, 1.165) is 31.0 Å². The van der Waals surface area contributed by atoms with Gasteiger partial charge >= 0.3 is 6.01 Å². The van der Waals surface area contributed by atoms with Gasteiger partial charge in [-0.15, -0.1) is 0 Å². The van der Waals surface area contributed by atoms with Crippen LogP contribution < -0.4 is 15.0 Å². The molecular formula is C10H16N4O. The van der Waals surface area contributed by atoms with Crippen LogP contribution in [-0.4, -0.2) is 37.7 Å². The molecule has 5 nitrogen and oxygen atoms in total. The maximum Gasteiger partial charge on any atom is 0.318 e. The Morgan fingerprint density at radius 2 is 2.13 bits per heavy atom. The number of anilines is 1. The quantitative estimate of drug-likeness (QED) is 0.752. The number of aromatic nitrogens is 2. The van der Waals surface area contributed by atoms with Crippen molar-refractivity contribution in [2.45, 2.75) is 13.0 Å². The lowest BCUT2D eigenvalue weighted by atomic mass is 10.1. The van der Waals surface area contributed by atoms with E-state index in [1.165, 1.54) is 5.56 Å². The predicted octanol–water partition coefficient (Wildman–Crippen LogP) is 0.197. The van der Waals surface area contributed by atoms with Crippen LogP contribution in [0.4, 0.5) is 5.82 Å². The van der Waals surface area contributed by atoms with Crippen molar-refractivity contribution in [3.8, 4) is 6.01 Å². The van der Waals surface area contributed by atoms with Gasteiger partial charge in [0.15, 0.2) is 0 Å². The van der Waals surface area contributed by atoms with Crippen molar-refractivity contribution in [2.75, 3.05) is 32.6 Å². The minimum absolute atomic E-state index is 0.458. The van der Waals surface area contributed by atoms with Crippen LogP contribution in [0.25, 0.3) is 0 Å². The summed E-state index contributed by atoms with van der Waals surface area (Å²) in [4.78, 5) is 10.7. The largest absolute Gasteiger partial charge is 0.467 e. The minimum Gasteiger partial charge on any atom is -0.467 e. The highest BCUT2D eigenvalue weighted by Crippen LogP contribution is 2.23. The lowest BCUT2D eigenvalue weighted by molar-refractivity contribution is 0.376. The van der Waals surface area contributed by atoms with Crippen LogP contribution in [-0.2, 0) is 13.0 Å². The second kappa shape index (κ2) is 4.02. The predicted molar refractivity (Wildman–Crippen MR) is 58.3 cm³/mol. The topological polar surface area (TPSA) is 50.3 Å². The molecule has 1 N–H and O–H groups in total. The van der Waals surface area contributed by atoms with E-state index >= 15 is 0 Å². The first-order valence-corrected chi connectivity index (χ1v) is 5.04. The zero-order chi connectivity index (χ0) is 10.8. The molecule has 0 atom stereocenters. The number of hydrogen-bond acceptors (Lipinski definition) is 5. The molecule has 1 aliphatic rings. The summed E-state index contributed by atoms with van der Waals surface area (Å²) in [6, 6.07) is 0.458. The lowest BCUT2D eigenvalue weighted by Gasteiger charge is -2.22. The van der Waals surface area contributed by atoms with Gasteiger partial charge in [-0.05, 0) is 0 Å². The van der Waals surface area contributed by atoms with Gasteiger partial charge in [-0.3, -0.25) is 0 Å². The molecule has 0 aromatic carbocycles. The molecule has 0 bridgehead atoms. The molecule has 5 heteroatoms. The van der Waals surface area contributed by atoms with E-state index in [9.17, 15) is 0 Å². The summed E-state index contributed by atoms with van der Waals surface area (Å²) < 4.78 is 5.10. The fourth-order valence-electron chi connectivity index (χ4n) is 1.76. The fourth-order valence-corrected chi connectivity index (χ4v) is 1.76. The van der Waals surface area contributed by atoms with E-state index in [1.54, 1.807) is 7.11 Å². The molecule has 0 saturated carbocycles. The Morgan fingerprint density at radius 3 is 2.80 bits per heavy atom. The Labute approximate surface area is 89.5 Å². The number of hydrogen-bond donors (Lipinski definition) is 1. The van der Waals surface area contributed by atoms with Gasteiger partial charge in [-0.1, -0.05) is 0 Å². The molecule has 2 heterocycles. The van der Waals surface area contributed by atoms with Gasteiger partial charge in [0.2, 0.25) is 0 Å². The molecule has 82 valence electrons. The first kappa shape index (κ1) is 10.2. The molecule has 2 rings (SSSR count). The SMILES string of the molecule is COc1nc2c(c(N(C)C)n1)CNCC2. The Balaban J connectivity index is 2.50. The molecule has 15 heavy (non-hydrogen) atoms. The van der Waals surface area contributed by atoms with Crippen LogP contribution in [0.5, 0.6) is 6.01 Å². The first-order valence-electron chi connectivity index (χ1n) is 5.04. The van der Waals surface area contributed by atoms with Gasteiger partial charge in [0, 0.05) is 39.2 Å². The summed E-state index contributed by atoms with van der Waals surface area (Å²) in [7, 11) is 5.57. The highest BCUT2D eigenvalue weighted by atomic mass is 16.5. The van der Waals surface area contributed by atoms with Crippen molar-refractivity contribution in [3.05, 3.63) is 11.3 Å². The molecular weight excluding hydrogens is 192 g/mol. The Bertz CT molecular complexity index is 365. The standard InChI is InChI=1S/C10H16N4O/c1-14(2)9-7-6-11-5-4-8(7)12-10(13-9)15-3/h11H,4-6H2,1-3H3. The highest BCUT2D eigenvalue weighted by Gasteiger charge is 2.18. The third-order valence-corrected chi connectivity index (χ3v) is 2.50. The average molecular weight is 208 g/mol. The van der Waals surface area contributed by atoms with Crippen molar-refractivity contribution in [1.29, 1.82) is 0 Å². The molecule has 0 unspecified atom stereocenters.